The van der Waals surface area contributed by atoms with Crippen LogP contribution in [0.25, 0.3) is 0 Å². The van der Waals surface area contributed by atoms with Crippen LogP contribution in [-0.4, -0.2) is 41.2 Å². The van der Waals surface area contributed by atoms with Gasteiger partial charge in [-0.1, -0.05) is 13.8 Å². The summed E-state index contributed by atoms with van der Waals surface area (Å²) < 4.78 is 0. The van der Waals surface area contributed by atoms with Gasteiger partial charge in [-0.3, -0.25) is 14.9 Å². The first-order valence-electron chi connectivity index (χ1n) is 5.62. The molecule has 100 valence electrons. The van der Waals surface area contributed by atoms with Crippen molar-refractivity contribution in [3.05, 3.63) is 0 Å². The predicted molar refractivity (Wildman–Crippen MR) is 76.9 cm³/mol. The normalized spacial score (nSPS) is 16.6. The van der Waals surface area contributed by atoms with Crippen LogP contribution in [-0.2, 0) is 9.59 Å². The second-order valence-electron chi connectivity index (χ2n) is 4.45. The van der Waals surface area contributed by atoms with E-state index in [1.165, 1.54) is 6.92 Å². The van der Waals surface area contributed by atoms with Gasteiger partial charge in [0.2, 0.25) is 0 Å². The summed E-state index contributed by atoms with van der Waals surface area (Å²) in [6, 6.07) is -1.01. The summed E-state index contributed by atoms with van der Waals surface area (Å²) in [6.45, 7) is 5.47. The highest BCUT2D eigenvalue weighted by Gasteiger charge is 2.24. The van der Waals surface area contributed by atoms with Crippen molar-refractivity contribution in [1.29, 1.82) is 0 Å². The van der Waals surface area contributed by atoms with Crippen molar-refractivity contribution >= 4 is 36.8 Å². The molecule has 6 heteroatoms. The smallest absolute Gasteiger partial charge is 0.164 e. The summed E-state index contributed by atoms with van der Waals surface area (Å²) in [6.07, 6.45) is 0. The van der Waals surface area contributed by atoms with Gasteiger partial charge in [0.05, 0.1) is 18.6 Å². The molecule has 0 amide bonds. The van der Waals surface area contributed by atoms with Gasteiger partial charge < -0.3 is 5.73 Å². The van der Waals surface area contributed by atoms with E-state index in [9.17, 15) is 9.59 Å². The number of nitrogens with two attached hydrogens (primary N) is 1. The van der Waals surface area contributed by atoms with Gasteiger partial charge in [-0.05, 0) is 12.8 Å². The minimum Gasteiger partial charge on any atom is -0.321 e. The molecule has 3 N–H and O–H groups in total. The predicted octanol–water partition coefficient (Wildman–Crippen LogP) is 0.314. The molecular weight excluding hydrogens is 256 g/mol. The van der Waals surface area contributed by atoms with E-state index in [0.717, 1.165) is 0 Å². The van der Waals surface area contributed by atoms with Crippen molar-refractivity contribution in [2.75, 3.05) is 12.3 Å². The molecular formula is C11H22N2O2S2. The lowest BCUT2D eigenvalue weighted by molar-refractivity contribution is -0.120. The SMILES string of the molecule is CC(=O)[C@H](CS)NCC(=O)C(N)[C@H](S)C(C)C. The maximum absolute atomic E-state index is 11.8. The average Bonchev–Trinajstić information content (AvgIpc) is 2.26. The molecule has 0 aromatic heterocycles. The van der Waals surface area contributed by atoms with Gasteiger partial charge in [0, 0.05) is 11.0 Å². The molecule has 0 heterocycles. The fourth-order valence-electron chi connectivity index (χ4n) is 1.28. The third kappa shape index (κ3) is 5.90. The number of carbonyl (C=O) groups is 2. The summed E-state index contributed by atoms with van der Waals surface area (Å²) in [7, 11) is 0. The molecule has 0 fully saturated rings. The van der Waals surface area contributed by atoms with Crippen molar-refractivity contribution in [2.45, 2.75) is 38.1 Å². The highest BCUT2D eigenvalue weighted by molar-refractivity contribution is 7.81. The largest absolute Gasteiger partial charge is 0.321 e. The van der Waals surface area contributed by atoms with Gasteiger partial charge in [-0.2, -0.15) is 25.3 Å². The fourth-order valence-corrected chi connectivity index (χ4v) is 1.84. The van der Waals surface area contributed by atoms with Crippen molar-refractivity contribution in [3.8, 4) is 0 Å². The molecule has 0 aliphatic carbocycles. The van der Waals surface area contributed by atoms with E-state index in [1.54, 1.807) is 0 Å². The fraction of sp³-hybridized carbons (Fsp3) is 0.818. The van der Waals surface area contributed by atoms with Gasteiger partial charge in [-0.25, -0.2) is 0 Å². The molecule has 0 aromatic rings. The van der Waals surface area contributed by atoms with Gasteiger partial charge in [-0.15, -0.1) is 0 Å². The van der Waals surface area contributed by atoms with Crippen LogP contribution in [0.3, 0.4) is 0 Å². The Hall–Kier alpha value is -0.0400. The van der Waals surface area contributed by atoms with Crippen LogP contribution in [0.1, 0.15) is 20.8 Å². The second-order valence-corrected chi connectivity index (χ2v) is 5.41. The Kier molecular flexibility index (Phi) is 8.11. The molecule has 17 heavy (non-hydrogen) atoms. The molecule has 3 atom stereocenters. The molecule has 0 radical (unpaired) electrons. The zero-order valence-corrected chi connectivity index (χ0v) is 12.3. The van der Waals surface area contributed by atoms with Crippen molar-refractivity contribution < 1.29 is 9.59 Å². The maximum atomic E-state index is 11.8. The molecule has 0 saturated heterocycles. The zero-order valence-electron chi connectivity index (χ0n) is 10.5. The Balaban J connectivity index is 4.22. The van der Waals surface area contributed by atoms with Crippen molar-refractivity contribution in [1.82, 2.24) is 5.32 Å². The topological polar surface area (TPSA) is 72.2 Å². The van der Waals surface area contributed by atoms with Gasteiger partial charge in [0.25, 0.3) is 0 Å². The van der Waals surface area contributed by atoms with Crippen LogP contribution in [0.4, 0.5) is 0 Å². The summed E-state index contributed by atoms with van der Waals surface area (Å²) in [5, 5.41) is 2.68. The quantitative estimate of drug-likeness (QED) is 0.482. The first kappa shape index (κ1) is 17.0. The molecule has 0 bridgehead atoms. The average molecular weight is 278 g/mol. The number of rotatable bonds is 8. The van der Waals surface area contributed by atoms with E-state index in [-0.39, 0.29) is 29.3 Å². The molecule has 0 aliphatic heterocycles. The first-order chi connectivity index (χ1) is 7.81. The number of Topliss-reactive ketones (excluding diaryl/α,β-unsaturated/α-hetero) is 2. The Morgan fingerprint density at radius 2 is 1.88 bits per heavy atom. The highest BCUT2D eigenvalue weighted by Crippen LogP contribution is 2.12. The lowest BCUT2D eigenvalue weighted by Crippen LogP contribution is -2.48. The van der Waals surface area contributed by atoms with E-state index in [4.69, 9.17) is 5.73 Å². The highest BCUT2D eigenvalue weighted by atomic mass is 32.1. The first-order valence-corrected chi connectivity index (χ1v) is 6.77. The number of hydrogen-bond donors (Lipinski definition) is 4. The monoisotopic (exact) mass is 278 g/mol. The molecule has 0 aliphatic rings. The second kappa shape index (κ2) is 8.13. The van der Waals surface area contributed by atoms with E-state index >= 15 is 0 Å². The molecule has 1 unspecified atom stereocenters. The minimum absolute atomic E-state index is 0.0346. The van der Waals surface area contributed by atoms with E-state index in [2.05, 4.69) is 30.6 Å². The number of nitrogens with one attached hydrogen (secondary N) is 1. The lowest BCUT2D eigenvalue weighted by Gasteiger charge is -2.22. The Bertz CT molecular complexity index is 272. The molecule has 0 saturated carbocycles. The van der Waals surface area contributed by atoms with Crippen molar-refractivity contribution in [2.24, 2.45) is 11.7 Å². The van der Waals surface area contributed by atoms with Crippen LogP contribution in [0.5, 0.6) is 0 Å². The minimum atomic E-state index is -0.613. The molecule has 0 spiro atoms. The van der Waals surface area contributed by atoms with E-state index < -0.39 is 12.1 Å². The van der Waals surface area contributed by atoms with Crippen LogP contribution >= 0.6 is 25.3 Å². The summed E-state index contributed by atoms with van der Waals surface area (Å²) in [5.74, 6) is 0.428. The lowest BCUT2D eigenvalue weighted by atomic mass is 10.00. The Labute approximate surface area is 114 Å². The third-order valence-electron chi connectivity index (χ3n) is 2.62. The molecule has 4 nitrogen and oxygen atoms in total. The van der Waals surface area contributed by atoms with Crippen LogP contribution in [0.15, 0.2) is 0 Å². The molecule has 0 rings (SSSR count). The summed E-state index contributed by atoms with van der Waals surface area (Å²) in [5.41, 5.74) is 5.80. The van der Waals surface area contributed by atoms with Crippen molar-refractivity contribution in [3.63, 3.8) is 0 Å². The number of carbonyl (C=O) groups excluding carboxylic acids is 2. The summed E-state index contributed by atoms with van der Waals surface area (Å²) >= 11 is 8.35. The number of hydrogen-bond acceptors (Lipinski definition) is 6. The van der Waals surface area contributed by atoms with Crippen LogP contribution < -0.4 is 11.1 Å². The molecule has 0 aromatic carbocycles. The van der Waals surface area contributed by atoms with Gasteiger partial charge >= 0.3 is 0 Å². The summed E-state index contributed by atoms with van der Waals surface area (Å²) in [4.78, 5) is 22.9. The van der Waals surface area contributed by atoms with E-state index in [0.29, 0.717) is 5.75 Å². The maximum Gasteiger partial charge on any atom is 0.164 e. The standard InChI is InChI=1S/C11H22N2O2S2/c1-6(2)11(17)10(12)9(15)4-13-8(5-16)7(3)14/h6,8,10-11,13,16-17H,4-5,12H2,1-3H3/t8-,10?,11+/m0/s1. The van der Waals surface area contributed by atoms with Crippen LogP contribution in [0.2, 0.25) is 0 Å². The van der Waals surface area contributed by atoms with E-state index in [1.807, 2.05) is 13.8 Å². The third-order valence-corrected chi connectivity index (χ3v) is 3.90. The Morgan fingerprint density at radius 3 is 2.24 bits per heavy atom. The Morgan fingerprint density at radius 1 is 1.35 bits per heavy atom. The zero-order chi connectivity index (χ0) is 13.6. The van der Waals surface area contributed by atoms with Crippen LogP contribution in [0, 0.1) is 5.92 Å². The number of ketones is 2. The number of thiol groups is 2. The van der Waals surface area contributed by atoms with Gasteiger partial charge in [0.15, 0.2) is 5.78 Å². The van der Waals surface area contributed by atoms with Gasteiger partial charge in [0.1, 0.15) is 5.78 Å².